The molecule has 1 N–H and O–H groups in total. The minimum absolute atomic E-state index is 0.154. The van der Waals surface area contributed by atoms with Crippen LogP contribution >= 0.6 is 15.9 Å². The molecule has 0 spiro atoms. The van der Waals surface area contributed by atoms with Crippen molar-refractivity contribution in [1.29, 1.82) is 0 Å². The van der Waals surface area contributed by atoms with Gasteiger partial charge in [-0.15, -0.1) is 0 Å². The van der Waals surface area contributed by atoms with Gasteiger partial charge in [0.25, 0.3) is 11.5 Å². The van der Waals surface area contributed by atoms with E-state index in [9.17, 15) is 9.59 Å². The first-order valence-corrected chi connectivity index (χ1v) is 12.8. The lowest BCUT2D eigenvalue weighted by molar-refractivity contribution is -0.0244. The molecule has 0 bridgehead atoms. The van der Waals surface area contributed by atoms with E-state index in [0.717, 1.165) is 31.6 Å². The van der Waals surface area contributed by atoms with Crippen LogP contribution in [-0.2, 0) is 26.1 Å². The number of allylic oxidation sites excluding steroid dienone is 2. The van der Waals surface area contributed by atoms with E-state index in [1.807, 2.05) is 19.9 Å². The predicted molar refractivity (Wildman–Crippen MR) is 139 cm³/mol. The Balaban J connectivity index is 1.64. The van der Waals surface area contributed by atoms with Gasteiger partial charge >= 0.3 is 5.69 Å². The molecule has 0 radical (unpaired) electrons. The molecule has 36 heavy (non-hydrogen) atoms. The molecule has 2 saturated heterocycles. The van der Waals surface area contributed by atoms with E-state index in [4.69, 9.17) is 4.98 Å². The Hall–Kier alpha value is -2.79. The van der Waals surface area contributed by atoms with Crippen LogP contribution in [0.3, 0.4) is 0 Å². The zero-order valence-electron chi connectivity index (χ0n) is 20.5. The average molecular weight is 563 g/mol. The summed E-state index contributed by atoms with van der Waals surface area (Å²) in [4.78, 5) is 33.6. The number of fused-ring (bicyclic) bond motifs is 2. The molecule has 0 amide bonds. The fraction of sp³-hybridized carbons (Fsp3) is 0.480. The second-order valence-electron chi connectivity index (χ2n) is 9.93. The van der Waals surface area contributed by atoms with Crippen LogP contribution in [0.2, 0.25) is 0 Å². The molecule has 8 nitrogen and oxygen atoms in total. The zero-order valence-corrected chi connectivity index (χ0v) is 22.1. The maximum absolute atomic E-state index is 15.2. The van der Waals surface area contributed by atoms with E-state index in [1.165, 1.54) is 35.9 Å². The van der Waals surface area contributed by atoms with E-state index < -0.39 is 23.7 Å². The highest BCUT2D eigenvalue weighted by Gasteiger charge is 2.39. The van der Waals surface area contributed by atoms with Gasteiger partial charge in [-0.2, -0.15) is 13.8 Å². The normalized spacial score (nSPS) is 19.8. The average Bonchev–Trinajstić information content (AvgIpc) is 3.52. The van der Waals surface area contributed by atoms with Crippen molar-refractivity contribution in [2.24, 2.45) is 13.0 Å². The van der Waals surface area contributed by atoms with Crippen molar-refractivity contribution in [3.63, 3.8) is 0 Å². The van der Waals surface area contributed by atoms with Crippen molar-refractivity contribution in [2.45, 2.75) is 45.3 Å². The summed E-state index contributed by atoms with van der Waals surface area (Å²) in [6.07, 6.45) is 3.04. The van der Waals surface area contributed by atoms with Crippen molar-refractivity contribution in [3.05, 3.63) is 66.8 Å². The third-order valence-corrected chi connectivity index (χ3v) is 7.69. The monoisotopic (exact) mass is 562 g/mol. The van der Waals surface area contributed by atoms with Crippen LogP contribution in [0.25, 0.3) is 11.2 Å². The fourth-order valence-electron chi connectivity index (χ4n) is 5.18. The van der Waals surface area contributed by atoms with Gasteiger partial charge in [0.2, 0.25) is 5.95 Å². The summed E-state index contributed by atoms with van der Waals surface area (Å²) in [5.74, 6) is -2.34. The first kappa shape index (κ1) is 24.9. The first-order valence-electron chi connectivity index (χ1n) is 12.0. The van der Waals surface area contributed by atoms with Crippen molar-refractivity contribution in [3.8, 4) is 0 Å². The van der Waals surface area contributed by atoms with Crippen LogP contribution in [0.4, 0.5) is 14.7 Å². The van der Waals surface area contributed by atoms with Gasteiger partial charge in [-0.1, -0.05) is 39.7 Å². The van der Waals surface area contributed by atoms with E-state index in [2.05, 4.69) is 26.1 Å². The molecule has 11 heteroatoms. The van der Waals surface area contributed by atoms with E-state index >= 15 is 8.78 Å². The number of imidazole rings is 1. The standard InChI is InChI=1S/C25H29BrF2N6O2/c1-15(2)9-11-33-20-21(30-23(33)32-12-16-8-10-29-19(16)13-32)31(3)24(36)34(22(20)35)14-25(27,28)17-4-6-18(26)7-5-17/h4-7,9,16,19,29H,8,10-14H2,1-3H3/t16-,19+/m1/s1. The van der Waals surface area contributed by atoms with Crippen molar-refractivity contribution in [2.75, 3.05) is 24.5 Å². The lowest BCUT2D eigenvalue weighted by Crippen LogP contribution is -2.43. The second kappa shape index (κ2) is 9.26. The molecule has 0 saturated carbocycles. The molecule has 4 heterocycles. The van der Waals surface area contributed by atoms with Gasteiger partial charge in [-0.25, -0.2) is 4.79 Å². The van der Waals surface area contributed by atoms with Crippen LogP contribution in [0.5, 0.6) is 0 Å². The highest BCUT2D eigenvalue weighted by atomic mass is 79.9. The summed E-state index contributed by atoms with van der Waals surface area (Å²) < 4.78 is 34.7. The van der Waals surface area contributed by atoms with Crippen molar-refractivity contribution in [1.82, 2.24) is 24.0 Å². The maximum atomic E-state index is 15.2. The number of nitrogens with one attached hydrogen (secondary N) is 1. The van der Waals surface area contributed by atoms with Gasteiger partial charge in [0.05, 0.1) is 6.54 Å². The highest BCUT2D eigenvalue weighted by molar-refractivity contribution is 9.10. The van der Waals surface area contributed by atoms with Gasteiger partial charge in [-0.3, -0.25) is 13.9 Å². The molecular formula is C25H29BrF2N6O2. The molecule has 0 aliphatic carbocycles. The predicted octanol–water partition coefficient (Wildman–Crippen LogP) is 3.22. The Morgan fingerprint density at radius 3 is 2.58 bits per heavy atom. The largest absolute Gasteiger partial charge is 0.340 e. The number of alkyl halides is 2. The van der Waals surface area contributed by atoms with Crippen LogP contribution in [-0.4, -0.2) is 44.4 Å². The quantitative estimate of drug-likeness (QED) is 0.467. The molecule has 192 valence electrons. The van der Waals surface area contributed by atoms with Gasteiger partial charge in [0.15, 0.2) is 11.2 Å². The van der Waals surface area contributed by atoms with Gasteiger partial charge < -0.3 is 14.8 Å². The van der Waals surface area contributed by atoms with Crippen LogP contribution in [0.1, 0.15) is 25.8 Å². The third kappa shape index (κ3) is 4.32. The Bertz CT molecular complexity index is 1440. The summed E-state index contributed by atoms with van der Waals surface area (Å²) in [5, 5.41) is 3.51. The van der Waals surface area contributed by atoms with E-state index in [1.54, 1.807) is 4.57 Å². The number of halogens is 3. The molecule has 2 aliphatic heterocycles. The summed E-state index contributed by atoms with van der Waals surface area (Å²) in [6.45, 7) is 5.72. The van der Waals surface area contributed by atoms with Gasteiger partial charge in [-0.05, 0) is 44.9 Å². The van der Waals surface area contributed by atoms with Crippen LogP contribution in [0.15, 0.2) is 50.0 Å². The minimum Gasteiger partial charge on any atom is -0.340 e. The zero-order chi connectivity index (χ0) is 25.8. The van der Waals surface area contributed by atoms with Gasteiger partial charge in [0.1, 0.15) is 0 Å². The fourth-order valence-corrected chi connectivity index (χ4v) is 5.45. The lowest BCUT2D eigenvalue weighted by atomic mass is 10.1. The lowest BCUT2D eigenvalue weighted by Gasteiger charge is -2.20. The maximum Gasteiger partial charge on any atom is 0.332 e. The first-order chi connectivity index (χ1) is 17.1. The van der Waals surface area contributed by atoms with E-state index in [0.29, 0.717) is 33.5 Å². The smallest absolute Gasteiger partial charge is 0.332 e. The van der Waals surface area contributed by atoms with Crippen molar-refractivity contribution < 1.29 is 8.78 Å². The summed E-state index contributed by atoms with van der Waals surface area (Å²) in [5.41, 5.74) is -0.438. The van der Waals surface area contributed by atoms with Gasteiger partial charge in [0, 0.05) is 42.8 Å². The second-order valence-corrected chi connectivity index (χ2v) is 10.9. The van der Waals surface area contributed by atoms with Crippen LogP contribution < -0.4 is 21.5 Å². The Kier molecular flexibility index (Phi) is 6.40. The number of benzene rings is 1. The minimum atomic E-state index is -3.42. The molecule has 2 fully saturated rings. The Labute approximate surface area is 215 Å². The number of nitrogens with zero attached hydrogens (tertiary/aromatic N) is 5. The number of rotatable bonds is 6. The molecule has 5 rings (SSSR count). The summed E-state index contributed by atoms with van der Waals surface area (Å²) >= 11 is 3.24. The van der Waals surface area contributed by atoms with Crippen molar-refractivity contribution >= 4 is 33.0 Å². The Morgan fingerprint density at radius 2 is 1.92 bits per heavy atom. The number of hydrogen-bond donors (Lipinski definition) is 1. The number of hydrogen-bond acceptors (Lipinski definition) is 5. The number of aromatic nitrogens is 4. The SMILES string of the molecule is CC(C)=CCn1c(N2C[C@H]3CCN[C@H]3C2)nc2c1c(=O)n(CC(F)(F)c1ccc(Br)cc1)c(=O)n2C. The summed E-state index contributed by atoms with van der Waals surface area (Å²) in [7, 11) is 1.47. The molecule has 2 atom stereocenters. The number of aryl methyl sites for hydroxylation is 1. The third-order valence-electron chi connectivity index (χ3n) is 7.16. The Morgan fingerprint density at radius 1 is 1.19 bits per heavy atom. The molecule has 3 aromatic rings. The molecular weight excluding hydrogens is 534 g/mol. The van der Waals surface area contributed by atoms with E-state index in [-0.39, 0.29) is 16.7 Å². The molecule has 2 aliphatic rings. The molecule has 1 aromatic carbocycles. The molecule has 0 unspecified atom stereocenters. The summed E-state index contributed by atoms with van der Waals surface area (Å²) in [6, 6.07) is 5.94. The number of anilines is 1. The van der Waals surface area contributed by atoms with Crippen LogP contribution in [0, 0.1) is 5.92 Å². The molecule has 2 aromatic heterocycles. The topological polar surface area (TPSA) is 77.1 Å². The highest BCUT2D eigenvalue weighted by Crippen LogP contribution is 2.32.